The molecule has 0 saturated heterocycles. The van der Waals surface area contributed by atoms with Gasteiger partial charge in [-0.15, -0.1) is 0 Å². The zero-order valence-corrected chi connectivity index (χ0v) is 24.1. The number of hydrogen-bond donors (Lipinski definition) is 0. The van der Waals surface area contributed by atoms with Crippen molar-refractivity contribution >= 4 is 5.97 Å². The molecule has 4 rings (SSSR count). The van der Waals surface area contributed by atoms with E-state index in [1.54, 1.807) is 30.3 Å². The quantitative estimate of drug-likeness (QED) is 0.152. The first-order valence-electron chi connectivity index (χ1n) is 14.2. The van der Waals surface area contributed by atoms with Gasteiger partial charge in [-0.3, -0.25) is 4.79 Å². The molecular weight excluding hydrogens is 532 g/mol. The average Bonchev–Trinajstić information content (AvgIpc) is 3.77. The Hall–Kier alpha value is -3.35. The summed E-state index contributed by atoms with van der Waals surface area (Å²) in [4.78, 5) is 12.0. The van der Waals surface area contributed by atoms with E-state index in [-0.39, 0.29) is 53.1 Å². The van der Waals surface area contributed by atoms with Gasteiger partial charge in [0.1, 0.15) is 12.4 Å². The predicted molar refractivity (Wildman–Crippen MR) is 152 cm³/mol. The van der Waals surface area contributed by atoms with Crippen LogP contribution in [0.2, 0.25) is 0 Å². The standard InChI is InChI=1S/C34H38F4O3/c1-5-15-34(2,3)19-24-16-21(9-13-25(24)28-17-23(33(37)38)12-14-29(28)35)20-41-30-8-6-7-26(32(30)36)27(22-10-11-22)18-31(39)40-4/h6-9,12-14,16-17,22,27,33H,5,10-11,15,18-20H2,1-4H3. The van der Waals surface area contributed by atoms with Gasteiger partial charge in [0.15, 0.2) is 11.6 Å². The minimum absolute atomic E-state index is 0.0620. The molecule has 1 fully saturated rings. The van der Waals surface area contributed by atoms with Crippen LogP contribution in [0.15, 0.2) is 54.6 Å². The molecule has 0 bridgehead atoms. The van der Waals surface area contributed by atoms with Crippen molar-refractivity contribution < 1.29 is 31.8 Å². The van der Waals surface area contributed by atoms with E-state index in [0.29, 0.717) is 17.5 Å². The van der Waals surface area contributed by atoms with Crippen LogP contribution in [0.5, 0.6) is 5.75 Å². The molecule has 1 aliphatic carbocycles. The highest BCUT2D eigenvalue weighted by molar-refractivity contribution is 5.71. The van der Waals surface area contributed by atoms with Gasteiger partial charge in [0, 0.05) is 17.0 Å². The smallest absolute Gasteiger partial charge is 0.306 e. The number of ether oxygens (including phenoxy) is 2. The molecule has 0 aromatic heterocycles. The van der Waals surface area contributed by atoms with Crippen LogP contribution in [0.4, 0.5) is 17.6 Å². The van der Waals surface area contributed by atoms with Crippen LogP contribution in [0, 0.1) is 23.0 Å². The van der Waals surface area contributed by atoms with Crippen LogP contribution in [0.1, 0.15) is 87.5 Å². The molecule has 41 heavy (non-hydrogen) atoms. The maximum atomic E-state index is 15.6. The van der Waals surface area contributed by atoms with Gasteiger partial charge >= 0.3 is 5.97 Å². The number of carbonyl (C=O) groups is 1. The van der Waals surface area contributed by atoms with E-state index in [1.807, 2.05) is 6.07 Å². The maximum absolute atomic E-state index is 15.6. The van der Waals surface area contributed by atoms with Crippen LogP contribution in [0.3, 0.4) is 0 Å². The monoisotopic (exact) mass is 570 g/mol. The lowest BCUT2D eigenvalue weighted by Crippen LogP contribution is -2.16. The van der Waals surface area contributed by atoms with Crippen LogP contribution >= 0.6 is 0 Å². The fourth-order valence-electron chi connectivity index (χ4n) is 5.69. The van der Waals surface area contributed by atoms with E-state index in [0.717, 1.165) is 48.9 Å². The van der Waals surface area contributed by atoms with Crippen LogP contribution in [0.25, 0.3) is 11.1 Å². The highest BCUT2D eigenvalue weighted by Crippen LogP contribution is 2.46. The molecular formula is C34H38F4O3. The lowest BCUT2D eigenvalue weighted by atomic mass is 9.79. The van der Waals surface area contributed by atoms with Gasteiger partial charge in [0.25, 0.3) is 6.43 Å². The lowest BCUT2D eigenvalue weighted by Gasteiger charge is -2.26. The second-order valence-electron chi connectivity index (χ2n) is 11.8. The van der Waals surface area contributed by atoms with Gasteiger partial charge in [0.2, 0.25) is 0 Å². The fourth-order valence-corrected chi connectivity index (χ4v) is 5.69. The van der Waals surface area contributed by atoms with Crippen molar-refractivity contribution in [2.75, 3.05) is 7.11 Å². The molecule has 220 valence electrons. The Morgan fingerprint density at radius 3 is 2.44 bits per heavy atom. The van der Waals surface area contributed by atoms with Crippen molar-refractivity contribution in [2.24, 2.45) is 11.3 Å². The first-order valence-corrected chi connectivity index (χ1v) is 14.2. The van der Waals surface area contributed by atoms with Crippen LogP contribution in [-0.4, -0.2) is 13.1 Å². The highest BCUT2D eigenvalue weighted by Gasteiger charge is 2.36. The van der Waals surface area contributed by atoms with E-state index in [4.69, 9.17) is 9.47 Å². The van der Waals surface area contributed by atoms with Gasteiger partial charge in [-0.25, -0.2) is 17.6 Å². The van der Waals surface area contributed by atoms with E-state index in [2.05, 4.69) is 20.8 Å². The highest BCUT2D eigenvalue weighted by atomic mass is 19.3. The number of alkyl halides is 2. The molecule has 3 aromatic carbocycles. The summed E-state index contributed by atoms with van der Waals surface area (Å²) in [5, 5.41) is 0. The topological polar surface area (TPSA) is 35.5 Å². The van der Waals surface area contributed by atoms with E-state index in [1.165, 1.54) is 13.2 Å². The number of carbonyl (C=O) groups excluding carboxylic acids is 1. The molecule has 7 heteroatoms. The molecule has 0 heterocycles. The molecule has 3 nitrogen and oxygen atoms in total. The fraction of sp³-hybridized carbons (Fsp3) is 0.441. The number of benzene rings is 3. The molecule has 0 amide bonds. The van der Waals surface area contributed by atoms with Crippen molar-refractivity contribution in [2.45, 2.75) is 78.2 Å². The van der Waals surface area contributed by atoms with E-state index in [9.17, 15) is 18.0 Å². The Labute approximate surface area is 239 Å². The Morgan fingerprint density at radius 2 is 1.78 bits per heavy atom. The molecule has 1 unspecified atom stereocenters. The molecule has 0 spiro atoms. The third-order valence-corrected chi connectivity index (χ3v) is 7.89. The number of rotatable bonds is 13. The van der Waals surface area contributed by atoms with E-state index < -0.39 is 18.1 Å². The second-order valence-corrected chi connectivity index (χ2v) is 11.8. The summed E-state index contributed by atoms with van der Waals surface area (Å²) in [6, 6.07) is 13.8. The number of hydrogen-bond acceptors (Lipinski definition) is 3. The van der Waals surface area contributed by atoms with Gasteiger partial charge < -0.3 is 9.47 Å². The number of esters is 1. The number of methoxy groups -OCH3 is 1. The molecule has 0 radical (unpaired) electrons. The summed E-state index contributed by atoms with van der Waals surface area (Å²) >= 11 is 0. The van der Waals surface area contributed by atoms with Crippen molar-refractivity contribution in [3.05, 3.63) is 88.5 Å². The Bertz CT molecular complexity index is 1360. The summed E-state index contributed by atoms with van der Waals surface area (Å²) in [6.07, 6.45) is 1.78. The minimum Gasteiger partial charge on any atom is -0.486 e. The molecule has 3 aromatic rings. The molecule has 0 aliphatic heterocycles. The summed E-state index contributed by atoms with van der Waals surface area (Å²) in [5.41, 5.74) is 2.35. The van der Waals surface area contributed by atoms with Gasteiger partial charge in [-0.1, -0.05) is 63.6 Å². The summed E-state index contributed by atoms with van der Waals surface area (Å²) in [7, 11) is 1.33. The van der Waals surface area contributed by atoms with Crippen molar-refractivity contribution in [3.8, 4) is 16.9 Å². The zero-order valence-electron chi connectivity index (χ0n) is 24.1. The van der Waals surface area contributed by atoms with Crippen molar-refractivity contribution in [3.63, 3.8) is 0 Å². The summed E-state index contributed by atoms with van der Waals surface area (Å²) in [6.45, 7) is 6.41. The molecule has 1 aliphatic rings. The van der Waals surface area contributed by atoms with Crippen LogP contribution < -0.4 is 4.74 Å². The van der Waals surface area contributed by atoms with Gasteiger partial charge in [-0.05, 0) is 77.5 Å². The first-order chi connectivity index (χ1) is 19.5. The summed E-state index contributed by atoms with van der Waals surface area (Å²) in [5.74, 6) is -1.36. The van der Waals surface area contributed by atoms with Crippen LogP contribution in [-0.2, 0) is 22.6 Å². The summed E-state index contributed by atoms with van der Waals surface area (Å²) < 4.78 is 68.2. The Balaban J connectivity index is 1.63. The lowest BCUT2D eigenvalue weighted by molar-refractivity contribution is -0.141. The molecule has 0 N–H and O–H groups in total. The van der Waals surface area contributed by atoms with E-state index >= 15 is 4.39 Å². The zero-order chi connectivity index (χ0) is 29.7. The SMILES string of the molecule is CCCC(C)(C)Cc1cc(COc2cccc(C(CC(=O)OC)C3CC3)c2F)ccc1-c1cc(C(F)F)ccc1F. The third-order valence-electron chi connectivity index (χ3n) is 7.89. The molecule has 1 atom stereocenters. The molecule has 1 saturated carbocycles. The maximum Gasteiger partial charge on any atom is 0.306 e. The third kappa shape index (κ3) is 7.69. The second kappa shape index (κ2) is 13.1. The van der Waals surface area contributed by atoms with Crippen molar-refractivity contribution in [1.82, 2.24) is 0 Å². The van der Waals surface area contributed by atoms with Gasteiger partial charge in [0.05, 0.1) is 13.5 Å². The predicted octanol–water partition coefficient (Wildman–Crippen LogP) is 9.57. The number of halogens is 4. The van der Waals surface area contributed by atoms with Gasteiger partial charge in [-0.2, -0.15) is 0 Å². The first kappa shape index (κ1) is 30.6. The van der Waals surface area contributed by atoms with Crippen molar-refractivity contribution in [1.29, 1.82) is 0 Å². The average molecular weight is 571 g/mol. The normalized spacial score (nSPS) is 14.3. The Kier molecular flexibility index (Phi) is 9.77. The minimum atomic E-state index is -2.71. The largest absolute Gasteiger partial charge is 0.486 e. The Morgan fingerprint density at radius 1 is 1.02 bits per heavy atom.